The van der Waals surface area contributed by atoms with Gasteiger partial charge >= 0.3 is 0 Å². The van der Waals surface area contributed by atoms with Crippen molar-refractivity contribution in [2.24, 2.45) is 0 Å². The summed E-state index contributed by atoms with van der Waals surface area (Å²) in [6, 6.07) is 8.85. The summed E-state index contributed by atoms with van der Waals surface area (Å²) in [6.07, 6.45) is 3.14. The van der Waals surface area contributed by atoms with Crippen LogP contribution in [0.1, 0.15) is 24.5 Å². The quantitative estimate of drug-likeness (QED) is 0.283. The van der Waals surface area contributed by atoms with Gasteiger partial charge in [0.2, 0.25) is 0 Å². The van der Waals surface area contributed by atoms with Crippen LogP contribution < -0.4 is 10.3 Å². The highest BCUT2D eigenvalue weighted by molar-refractivity contribution is 7.98. The Bertz CT molecular complexity index is 1250. The van der Waals surface area contributed by atoms with Crippen LogP contribution in [0.2, 0.25) is 5.02 Å². The predicted octanol–water partition coefficient (Wildman–Crippen LogP) is 4.62. The first-order valence-electron chi connectivity index (χ1n) is 9.10. The molecule has 0 N–H and O–H groups in total. The standard InChI is InChI=1S/C20H18ClN5O2S2/c1-3-8-26-18(13(2)28-16-7-5-4-6-15(16)21)23-24-20(26)30-12-14-11-17(27)25-9-10-29-19(25)22-14/h3-7,9-11,13H,1,8,12H2,2H3. The highest BCUT2D eigenvalue weighted by Crippen LogP contribution is 2.30. The Morgan fingerprint density at radius 3 is 3.00 bits per heavy atom. The molecular weight excluding hydrogens is 442 g/mol. The minimum Gasteiger partial charge on any atom is -0.481 e. The first-order valence-corrected chi connectivity index (χ1v) is 11.3. The highest BCUT2D eigenvalue weighted by Gasteiger charge is 2.20. The van der Waals surface area contributed by atoms with E-state index in [0.29, 0.717) is 44.7 Å². The number of fused-ring (bicyclic) bond motifs is 1. The van der Waals surface area contributed by atoms with Crippen LogP contribution in [0.4, 0.5) is 0 Å². The van der Waals surface area contributed by atoms with Gasteiger partial charge in [0.05, 0.1) is 10.7 Å². The molecule has 0 radical (unpaired) electrons. The molecule has 1 unspecified atom stereocenters. The molecule has 0 saturated carbocycles. The van der Waals surface area contributed by atoms with Crippen LogP contribution in [-0.2, 0) is 12.3 Å². The molecule has 1 aromatic carbocycles. The van der Waals surface area contributed by atoms with E-state index in [1.807, 2.05) is 35.1 Å². The van der Waals surface area contributed by atoms with Crippen LogP contribution in [0, 0.1) is 0 Å². The average Bonchev–Trinajstić information content (AvgIpc) is 3.36. The Kier molecular flexibility index (Phi) is 6.21. The maximum absolute atomic E-state index is 12.2. The van der Waals surface area contributed by atoms with Gasteiger partial charge in [0.1, 0.15) is 5.75 Å². The number of allylic oxidation sites excluding steroid dienone is 1. The third-order valence-corrected chi connectivity index (χ3v) is 6.34. The third kappa shape index (κ3) is 4.28. The second kappa shape index (κ2) is 9.03. The molecule has 4 rings (SSSR count). The largest absolute Gasteiger partial charge is 0.481 e. The molecular formula is C20H18ClN5O2S2. The number of para-hydroxylation sites is 1. The summed E-state index contributed by atoms with van der Waals surface area (Å²) >= 11 is 9.09. The smallest absolute Gasteiger partial charge is 0.258 e. The predicted molar refractivity (Wildman–Crippen MR) is 120 cm³/mol. The van der Waals surface area contributed by atoms with Gasteiger partial charge in [0.25, 0.3) is 5.56 Å². The number of halogens is 1. The lowest BCUT2D eigenvalue weighted by molar-refractivity contribution is 0.210. The number of thioether (sulfide) groups is 1. The maximum atomic E-state index is 12.2. The summed E-state index contributed by atoms with van der Waals surface area (Å²) in [4.78, 5) is 17.4. The molecule has 0 saturated heterocycles. The molecule has 3 heterocycles. The average molecular weight is 460 g/mol. The van der Waals surface area contributed by atoms with Gasteiger partial charge in [-0.1, -0.05) is 41.6 Å². The molecule has 10 heteroatoms. The van der Waals surface area contributed by atoms with Gasteiger partial charge in [-0.2, -0.15) is 0 Å². The van der Waals surface area contributed by atoms with Crippen molar-refractivity contribution in [3.63, 3.8) is 0 Å². The Labute approximate surface area is 186 Å². The summed E-state index contributed by atoms with van der Waals surface area (Å²) in [5.41, 5.74) is 0.606. The second-order valence-corrected chi connectivity index (χ2v) is 8.58. The van der Waals surface area contributed by atoms with Crippen LogP contribution in [0.3, 0.4) is 0 Å². The lowest BCUT2D eigenvalue weighted by Gasteiger charge is -2.16. The van der Waals surface area contributed by atoms with Gasteiger partial charge in [0, 0.05) is 29.9 Å². The topological polar surface area (TPSA) is 74.3 Å². The molecule has 0 aliphatic carbocycles. The molecule has 7 nitrogen and oxygen atoms in total. The zero-order valence-corrected chi connectivity index (χ0v) is 18.5. The SMILES string of the molecule is C=CCn1c(SCc2cc(=O)n3ccsc3n2)nnc1C(C)Oc1ccccc1Cl. The van der Waals surface area contributed by atoms with E-state index < -0.39 is 0 Å². The summed E-state index contributed by atoms with van der Waals surface area (Å²) in [7, 11) is 0. The van der Waals surface area contributed by atoms with Gasteiger partial charge < -0.3 is 4.74 Å². The fourth-order valence-corrected chi connectivity index (χ4v) is 4.66. The number of thiazole rings is 1. The van der Waals surface area contributed by atoms with Crippen molar-refractivity contribution in [3.8, 4) is 5.75 Å². The fourth-order valence-electron chi connectivity index (χ4n) is 2.89. The van der Waals surface area contributed by atoms with Gasteiger partial charge in [-0.15, -0.1) is 28.1 Å². The molecule has 0 aliphatic rings. The van der Waals surface area contributed by atoms with Crippen molar-refractivity contribution >= 4 is 39.7 Å². The summed E-state index contributed by atoms with van der Waals surface area (Å²) in [5, 5.41) is 11.7. The minimum atomic E-state index is -0.364. The van der Waals surface area contributed by atoms with Gasteiger partial charge in [-0.3, -0.25) is 13.8 Å². The number of nitrogens with zero attached hydrogens (tertiary/aromatic N) is 5. The van der Waals surface area contributed by atoms with Crippen LogP contribution in [-0.4, -0.2) is 24.1 Å². The molecule has 0 spiro atoms. The van der Waals surface area contributed by atoms with E-state index in [0.717, 1.165) is 0 Å². The van der Waals surface area contributed by atoms with Crippen molar-refractivity contribution in [2.75, 3.05) is 0 Å². The number of hydrogen-bond donors (Lipinski definition) is 0. The maximum Gasteiger partial charge on any atom is 0.258 e. The molecule has 0 aliphatic heterocycles. The molecule has 0 amide bonds. The number of ether oxygens (including phenoxy) is 1. The normalized spacial score (nSPS) is 12.2. The van der Waals surface area contributed by atoms with Crippen molar-refractivity contribution < 1.29 is 4.74 Å². The zero-order valence-electron chi connectivity index (χ0n) is 16.1. The fraction of sp³-hybridized carbons (Fsp3) is 0.200. The molecule has 0 fully saturated rings. The number of rotatable bonds is 8. The molecule has 3 aromatic heterocycles. The second-order valence-electron chi connectivity index (χ2n) is 6.36. The lowest BCUT2D eigenvalue weighted by Crippen LogP contribution is -2.13. The zero-order chi connectivity index (χ0) is 21.1. The van der Waals surface area contributed by atoms with Gasteiger partial charge in [-0.05, 0) is 19.1 Å². The van der Waals surface area contributed by atoms with Crippen molar-refractivity contribution in [1.82, 2.24) is 24.1 Å². The monoisotopic (exact) mass is 459 g/mol. The Morgan fingerprint density at radius 2 is 2.20 bits per heavy atom. The van der Waals surface area contributed by atoms with E-state index in [-0.39, 0.29) is 11.7 Å². The highest BCUT2D eigenvalue weighted by atomic mass is 35.5. The first-order chi connectivity index (χ1) is 14.6. The third-order valence-electron chi connectivity index (χ3n) is 4.27. The van der Waals surface area contributed by atoms with Gasteiger partial charge in [-0.25, -0.2) is 4.98 Å². The van der Waals surface area contributed by atoms with E-state index in [1.54, 1.807) is 24.4 Å². The number of hydrogen-bond acceptors (Lipinski definition) is 7. The van der Waals surface area contributed by atoms with Gasteiger partial charge in [0.15, 0.2) is 22.0 Å². The number of benzene rings is 1. The lowest BCUT2D eigenvalue weighted by atomic mass is 10.3. The van der Waals surface area contributed by atoms with E-state index >= 15 is 0 Å². The minimum absolute atomic E-state index is 0.0909. The van der Waals surface area contributed by atoms with Crippen LogP contribution in [0.5, 0.6) is 5.75 Å². The summed E-state index contributed by atoms with van der Waals surface area (Å²) in [5.74, 6) is 1.75. The van der Waals surface area contributed by atoms with E-state index in [2.05, 4.69) is 21.8 Å². The van der Waals surface area contributed by atoms with E-state index in [9.17, 15) is 4.79 Å². The Balaban J connectivity index is 1.55. The van der Waals surface area contributed by atoms with Crippen LogP contribution in [0.15, 0.2) is 64.5 Å². The number of aromatic nitrogens is 5. The molecule has 154 valence electrons. The molecule has 1 atom stereocenters. The summed E-state index contributed by atoms with van der Waals surface area (Å²) < 4.78 is 9.47. The first kappa shape index (κ1) is 20.6. The van der Waals surface area contributed by atoms with Crippen LogP contribution >= 0.6 is 34.7 Å². The molecule has 0 bridgehead atoms. The van der Waals surface area contributed by atoms with E-state index in [4.69, 9.17) is 16.3 Å². The van der Waals surface area contributed by atoms with Crippen molar-refractivity contribution in [1.29, 1.82) is 0 Å². The van der Waals surface area contributed by atoms with Crippen molar-refractivity contribution in [2.45, 2.75) is 30.5 Å². The van der Waals surface area contributed by atoms with Crippen LogP contribution in [0.25, 0.3) is 4.96 Å². The molecule has 4 aromatic rings. The summed E-state index contributed by atoms with van der Waals surface area (Å²) in [6.45, 7) is 6.26. The van der Waals surface area contributed by atoms with Crippen molar-refractivity contribution in [3.05, 3.63) is 81.5 Å². The Morgan fingerprint density at radius 1 is 1.37 bits per heavy atom. The Hall–Kier alpha value is -2.62. The van der Waals surface area contributed by atoms with E-state index in [1.165, 1.54) is 27.5 Å². The molecule has 30 heavy (non-hydrogen) atoms.